The largest absolute Gasteiger partial charge is 0.481 e. The van der Waals surface area contributed by atoms with Crippen LogP contribution in [0.2, 0.25) is 0 Å². The first kappa shape index (κ1) is 15.4. The van der Waals surface area contributed by atoms with Gasteiger partial charge in [0.2, 0.25) is 11.8 Å². The van der Waals surface area contributed by atoms with E-state index >= 15 is 0 Å². The maximum atomic E-state index is 11.5. The average molecular weight is 244 g/mol. The zero-order valence-electron chi connectivity index (χ0n) is 10.4. The summed E-state index contributed by atoms with van der Waals surface area (Å²) in [5, 5.41) is 13.5. The zero-order valence-corrected chi connectivity index (χ0v) is 10.4. The molecule has 0 saturated heterocycles. The third-order valence-corrected chi connectivity index (χ3v) is 2.14. The molecule has 3 N–H and O–H groups in total. The number of carbonyl (C=O) groups excluding carboxylic acids is 2. The lowest BCUT2D eigenvalue weighted by atomic mass is 10.1. The second-order valence-corrected chi connectivity index (χ2v) is 4.26. The molecule has 0 spiro atoms. The van der Waals surface area contributed by atoms with Gasteiger partial charge in [-0.25, -0.2) is 0 Å². The molecular formula is C11H20N2O4. The summed E-state index contributed by atoms with van der Waals surface area (Å²) in [6.45, 7) is 3.79. The molecule has 6 heteroatoms. The van der Waals surface area contributed by atoms with Crippen LogP contribution in [0.1, 0.15) is 33.1 Å². The summed E-state index contributed by atoms with van der Waals surface area (Å²) in [4.78, 5) is 33.4. The van der Waals surface area contributed by atoms with Gasteiger partial charge < -0.3 is 15.7 Å². The van der Waals surface area contributed by atoms with E-state index in [9.17, 15) is 14.4 Å². The number of hydrogen-bond donors (Lipinski definition) is 3. The van der Waals surface area contributed by atoms with Gasteiger partial charge in [0, 0.05) is 19.9 Å². The van der Waals surface area contributed by atoms with Gasteiger partial charge in [-0.15, -0.1) is 0 Å². The van der Waals surface area contributed by atoms with E-state index in [1.807, 2.05) is 13.8 Å². The monoisotopic (exact) mass is 244 g/mol. The Morgan fingerprint density at radius 1 is 1.24 bits per heavy atom. The lowest BCUT2D eigenvalue weighted by Gasteiger charge is -2.17. The second-order valence-electron chi connectivity index (χ2n) is 4.26. The molecule has 0 aromatic rings. The minimum Gasteiger partial charge on any atom is -0.481 e. The van der Waals surface area contributed by atoms with Gasteiger partial charge in [0.15, 0.2) is 0 Å². The third-order valence-electron chi connectivity index (χ3n) is 2.14. The molecule has 0 aromatic carbocycles. The predicted octanol–water partition coefficient (Wildman–Crippen LogP) is 0.128. The standard InChI is InChI=1S/C11H20N2O4/c1-7(2)6-9(14)13-8(11(17)12-3)4-5-10(15)16/h7-8H,4-6H2,1-3H3,(H,12,17)(H,13,14)(H,15,16)/t8-/m0/s1. The molecule has 0 rings (SSSR count). The Morgan fingerprint density at radius 2 is 1.82 bits per heavy atom. The molecular weight excluding hydrogens is 224 g/mol. The number of carboxylic acid groups (broad SMARTS) is 1. The molecule has 6 nitrogen and oxygen atoms in total. The van der Waals surface area contributed by atoms with Crippen LogP contribution in [0.15, 0.2) is 0 Å². The van der Waals surface area contributed by atoms with Crippen LogP contribution >= 0.6 is 0 Å². The maximum absolute atomic E-state index is 11.5. The first-order valence-electron chi connectivity index (χ1n) is 5.59. The average Bonchev–Trinajstić information content (AvgIpc) is 2.21. The van der Waals surface area contributed by atoms with E-state index in [0.717, 1.165) is 0 Å². The summed E-state index contributed by atoms with van der Waals surface area (Å²) >= 11 is 0. The number of rotatable bonds is 7. The Hall–Kier alpha value is -1.59. The summed E-state index contributed by atoms with van der Waals surface area (Å²) in [6.07, 6.45) is 0.263. The van der Waals surface area contributed by atoms with Crippen molar-refractivity contribution in [3.05, 3.63) is 0 Å². The van der Waals surface area contributed by atoms with Gasteiger partial charge in [-0.1, -0.05) is 13.8 Å². The first-order chi connectivity index (χ1) is 7.86. The molecule has 17 heavy (non-hydrogen) atoms. The molecule has 1 atom stereocenters. The third kappa shape index (κ3) is 7.32. The first-order valence-corrected chi connectivity index (χ1v) is 5.59. The summed E-state index contributed by atoms with van der Waals surface area (Å²) in [5.74, 6) is -1.40. The number of amides is 2. The lowest BCUT2D eigenvalue weighted by molar-refractivity contribution is -0.138. The Bertz CT molecular complexity index is 289. The van der Waals surface area contributed by atoms with E-state index in [1.54, 1.807) is 0 Å². The summed E-state index contributed by atoms with van der Waals surface area (Å²) < 4.78 is 0. The Morgan fingerprint density at radius 3 is 2.24 bits per heavy atom. The highest BCUT2D eigenvalue weighted by Gasteiger charge is 2.20. The zero-order chi connectivity index (χ0) is 13.4. The summed E-state index contributed by atoms with van der Waals surface area (Å²) in [7, 11) is 1.45. The van der Waals surface area contributed by atoms with E-state index in [0.29, 0.717) is 6.42 Å². The van der Waals surface area contributed by atoms with Crippen molar-refractivity contribution in [1.29, 1.82) is 0 Å². The van der Waals surface area contributed by atoms with Gasteiger partial charge >= 0.3 is 5.97 Å². The Kier molecular flexibility index (Phi) is 6.93. The predicted molar refractivity (Wildman–Crippen MR) is 62.3 cm³/mol. The van der Waals surface area contributed by atoms with E-state index < -0.39 is 12.0 Å². The second kappa shape index (κ2) is 7.65. The van der Waals surface area contributed by atoms with Crippen molar-refractivity contribution >= 4 is 17.8 Å². The highest BCUT2D eigenvalue weighted by atomic mass is 16.4. The van der Waals surface area contributed by atoms with Crippen molar-refractivity contribution < 1.29 is 19.5 Å². The molecule has 0 fully saturated rings. The van der Waals surface area contributed by atoms with Crippen LogP contribution < -0.4 is 10.6 Å². The Labute approximate surface area is 101 Å². The van der Waals surface area contributed by atoms with Crippen molar-refractivity contribution in [3.63, 3.8) is 0 Å². The van der Waals surface area contributed by atoms with Crippen molar-refractivity contribution in [3.8, 4) is 0 Å². The van der Waals surface area contributed by atoms with Gasteiger partial charge in [0.1, 0.15) is 6.04 Å². The fraction of sp³-hybridized carbons (Fsp3) is 0.727. The molecule has 2 amide bonds. The molecule has 0 unspecified atom stereocenters. The topological polar surface area (TPSA) is 95.5 Å². The van der Waals surface area contributed by atoms with E-state index in [4.69, 9.17) is 5.11 Å². The molecule has 0 aromatic heterocycles. The number of aliphatic carboxylic acids is 1. The molecule has 0 saturated carbocycles. The molecule has 0 aliphatic rings. The van der Waals surface area contributed by atoms with Crippen molar-refractivity contribution in [2.45, 2.75) is 39.2 Å². The number of nitrogens with one attached hydrogen (secondary N) is 2. The summed E-state index contributed by atoms with van der Waals surface area (Å²) in [5.41, 5.74) is 0. The van der Waals surface area contributed by atoms with Gasteiger partial charge in [-0.2, -0.15) is 0 Å². The number of carboxylic acids is 1. The van der Waals surface area contributed by atoms with Crippen molar-refractivity contribution in [2.24, 2.45) is 5.92 Å². The molecule has 98 valence electrons. The summed E-state index contributed by atoms with van der Waals surface area (Å²) in [6, 6.07) is -0.776. The quantitative estimate of drug-likeness (QED) is 0.593. The van der Waals surface area contributed by atoms with Crippen LogP contribution in [0.25, 0.3) is 0 Å². The minimum atomic E-state index is -0.989. The van der Waals surface area contributed by atoms with Crippen molar-refractivity contribution in [2.75, 3.05) is 7.05 Å². The van der Waals surface area contributed by atoms with Crippen LogP contribution in [0.5, 0.6) is 0 Å². The highest BCUT2D eigenvalue weighted by Crippen LogP contribution is 2.02. The number of carbonyl (C=O) groups is 3. The van der Waals surface area contributed by atoms with Gasteiger partial charge in [0.05, 0.1) is 0 Å². The van der Waals surface area contributed by atoms with E-state index in [2.05, 4.69) is 10.6 Å². The fourth-order valence-corrected chi connectivity index (χ4v) is 1.33. The molecule has 0 aliphatic heterocycles. The van der Waals surface area contributed by atoms with Gasteiger partial charge in [-0.3, -0.25) is 14.4 Å². The van der Waals surface area contributed by atoms with Crippen LogP contribution in [0.4, 0.5) is 0 Å². The van der Waals surface area contributed by atoms with Crippen molar-refractivity contribution in [1.82, 2.24) is 10.6 Å². The SMILES string of the molecule is CNC(=O)[C@H](CCC(=O)O)NC(=O)CC(C)C. The normalized spacial score (nSPS) is 12.0. The Balaban J connectivity index is 4.33. The molecule has 0 aliphatic carbocycles. The highest BCUT2D eigenvalue weighted by molar-refractivity contribution is 5.87. The van der Waals surface area contributed by atoms with Crippen LogP contribution in [-0.2, 0) is 14.4 Å². The number of likely N-dealkylation sites (N-methyl/N-ethyl adjacent to an activating group) is 1. The van der Waals surface area contributed by atoms with E-state index in [-0.39, 0.29) is 30.6 Å². The smallest absolute Gasteiger partial charge is 0.303 e. The minimum absolute atomic E-state index is 0.0961. The fourth-order valence-electron chi connectivity index (χ4n) is 1.33. The van der Waals surface area contributed by atoms with Crippen LogP contribution in [0, 0.1) is 5.92 Å². The van der Waals surface area contributed by atoms with Gasteiger partial charge in [0.25, 0.3) is 0 Å². The maximum Gasteiger partial charge on any atom is 0.303 e. The molecule has 0 bridgehead atoms. The lowest BCUT2D eigenvalue weighted by Crippen LogP contribution is -2.46. The molecule has 0 heterocycles. The number of hydrogen-bond acceptors (Lipinski definition) is 3. The van der Waals surface area contributed by atoms with Gasteiger partial charge in [-0.05, 0) is 12.3 Å². The van der Waals surface area contributed by atoms with E-state index in [1.165, 1.54) is 7.05 Å². The molecule has 0 radical (unpaired) electrons. The van der Waals surface area contributed by atoms with Crippen LogP contribution in [0.3, 0.4) is 0 Å². The van der Waals surface area contributed by atoms with Crippen LogP contribution in [-0.4, -0.2) is 36.0 Å².